The Morgan fingerprint density at radius 2 is 2.22 bits per heavy atom. The first-order valence-electron chi connectivity index (χ1n) is 4.95. The molecule has 1 rings (SSSR count). The van der Waals surface area contributed by atoms with E-state index in [1.807, 2.05) is 0 Å². The van der Waals surface area contributed by atoms with E-state index in [9.17, 15) is 14.4 Å². The number of aromatic nitrogens is 2. The number of aliphatic carboxylic acids is 1. The van der Waals surface area contributed by atoms with Gasteiger partial charge in [0.05, 0.1) is 18.3 Å². The maximum atomic E-state index is 11.4. The van der Waals surface area contributed by atoms with Crippen LogP contribution >= 0.6 is 0 Å². The summed E-state index contributed by atoms with van der Waals surface area (Å²) < 4.78 is 1.47. The smallest absolute Gasteiger partial charge is 0.326 e. The second-order valence-electron chi connectivity index (χ2n) is 3.56. The van der Waals surface area contributed by atoms with Gasteiger partial charge in [0.2, 0.25) is 5.91 Å². The molecular formula is C9H13N5O4. The van der Waals surface area contributed by atoms with Crippen LogP contribution in [-0.4, -0.2) is 38.8 Å². The molecule has 0 aliphatic heterocycles. The summed E-state index contributed by atoms with van der Waals surface area (Å²) in [4.78, 5) is 32.8. The number of hydrogen-bond donors (Lipinski definition) is 4. The average molecular weight is 255 g/mol. The molecule has 1 atom stereocenters. The van der Waals surface area contributed by atoms with Crippen LogP contribution in [0.1, 0.15) is 6.42 Å². The maximum Gasteiger partial charge on any atom is 0.326 e. The molecule has 0 aromatic carbocycles. The highest BCUT2D eigenvalue weighted by atomic mass is 16.4. The Morgan fingerprint density at radius 3 is 2.67 bits per heavy atom. The monoisotopic (exact) mass is 255 g/mol. The maximum absolute atomic E-state index is 11.4. The second kappa shape index (κ2) is 5.66. The molecule has 0 unspecified atom stereocenters. The summed E-state index contributed by atoms with van der Waals surface area (Å²) in [7, 11) is 1.66. The molecule has 0 aliphatic rings. The van der Waals surface area contributed by atoms with Crippen LogP contribution in [0.3, 0.4) is 0 Å². The van der Waals surface area contributed by atoms with Crippen molar-refractivity contribution >= 4 is 23.6 Å². The highest BCUT2D eigenvalue weighted by molar-refractivity contribution is 5.93. The fourth-order valence-corrected chi connectivity index (χ4v) is 1.21. The van der Waals surface area contributed by atoms with Crippen molar-refractivity contribution in [2.24, 2.45) is 12.8 Å². The molecule has 1 aromatic heterocycles. The Morgan fingerprint density at radius 1 is 1.56 bits per heavy atom. The Bertz CT molecular complexity index is 469. The van der Waals surface area contributed by atoms with Crippen LogP contribution in [-0.2, 0) is 16.6 Å². The molecule has 0 fully saturated rings. The fraction of sp³-hybridized carbons (Fsp3) is 0.333. The van der Waals surface area contributed by atoms with E-state index in [1.54, 1.807) is 7.05 Å². The summed E-state index contributed by atoms with van der Waals surface area (Å²) in [5, 5.41) is 17.1. The molecular weight excluding hydrogens is 242 g/mol. The van der Waals surface area contributed by atoms with Gasteiger partial charge in [-0.25, -0.2) is 9.59 Å². The molecule has 98 valence electrons. The Hall–Kier alpha value is -2.58. The third-order valence-electron chi connectivity index (χ3n) is 1.97. The van der Waals surface area contributed by atoms with Crippen LogP contribution in [0.4, 0.5) is 10.5 Å². The van der Waals surface area contributed by atoms with E-state index < -0.39 is 30.4 Å². The molecule has 0 radical (unpaired) electrons. The van der Waals surface area contributed by atoms with E-state index in [4.69, 9.17) is 10.8 Å². The minimum atomic E-state index is -1.36. The highest BCUT2D eigenvalue weighted by Crippen LogP contribution is 2.03. The first kappa shape index (κ1) is 13.5. The van der Waals surface area contributed by atoms with Crippen LogP contribution in [0.2, 0.25) is 0 Å². The lowest BCUT2D eigenvalue weighted by Crippen LogP contribution is -2.45. The lowest BCUT2D eigenvalue weighted by atomic mass is 10.2. The number of carbonyl (C=O) groups is 3. The Kier molecular flexibility index (Phi) is 4.24. The minimum Gasteiger partial charge on any atom is -0.480 e. The molecule has 0 aliphatic carbocycles. The number of rotatable bonds is 5. The number of nitrogens with two attached hydrogens (primary N) is 1. The quantitative estimate of drug-likeness (QED) is 0.527. The van der Waals surface area contributed by atoms with Gasteiger partial charge in [-0.2, -0.15) is 5.10 Å². The zero-order valence-electron chi connectivity index (χ0n) is 9.58. The second-order valence-corrected chi connectivity index (χ2v) is 3.56. The number of carboxylic acids is 1. The number of urea groups is 1. The van der Waals surface area contributed by atoms with Gasteiger partial charge < -0.3 is 21.5 Å². The van der Waals surface area contributed by atoms with Crippen LogP contribution in [0.25, 0.3) is 0 Å². The summed E-state index contributed by atoms with van der Waals surface area (Å²) in [6.07, 6.45) is 2.45. The topological polar surface area (TPSA) is 139 Å². The summed E-state index contributed by atoms with van der Waals surface area (Å²) in [6, 6.07) is -2.11. The molecule has 9 heteroatoms. The van der Waals surface area contributed by atoms with Gasteiger partial charge in [-0.3, -0.25) is 9.48 Å². The molecule has 18 heavy (non-hydrogen) atoms. The minimum absolute atomic E-state index is 0.401. The standard InChI is InChI=1S/C9H13N5O4/c1-14-4-5(3-11-14)12-9(18)13-6(8(16)17)2-7(10)15/h3-4,6H,2H2,1H3,(H2,10,15)(H,16,17)(H2,12,13,18)/t6-/m0/s1. The van der Waals surface area contributed by atoms with E-state index in [2.05, 4.69) is 15.7 Å². The van der Waals surface area contributed by atoms with E-state index in [0.29, 0.717) is 5.69 Å². The molecule has 0 bridgehead atoms. The summed E-state index contributed by atoms with van der Waals surface area (Å²) in [5.74, 6) is -2.15. The van der Waals surface area contributed by atoms with E-state index in [-0.39, 0.29) is 0 Å². The van der Waals surface area contributed by atoms with Crippen molar-refractivity contribution in [3.8, 4) is 0 Å². The number of amides is 3. The molecule has 1 heterocycles. The van der Waals surface area contributed by atoms with E-state index in [1.165, 1.54) is 17.1 Å². The Labute approximate surface area is 102 Å². The zero-order chi connectivity index (χ0) is 13.7. The van der Waals surface area contributed by atoms with Crippen molar-refractivity contribution in [2.45, 2.75) is 12.5 Å². The molecule has 0 spiro atoms. The molecule has 0 saturated heterocycles. The van der Waals surface area contributed by atoms with Gasteiger partial charge in [-0.1, -0.05) is 0 Å². The number of nitrogens with zero attached hydrogens (tertiary/aromatic N) is 2. The van der Waals surface area contributed by atoms with Crippen LogP contribution in [0, 0.1) is 0 Å². The SMILES string of the molecule is Cn1cc(NC(=O)N[C@@H](CC(N)=O)C(=O)O)cn1. The van der Waals surface area contributed by atoms with Crippen molar-refractivity contribution in [2.75, 3.05) is 5.32 Å². The predicted molar refractivity (Wildman–Crippen MR) is 60.6 cm³/mol. The highest BCUT2D eigenvalue weighted by Gasteiger charge is 2.22. The number of nitrogens with one attached hydrogen (secondary N) is 2. The Balaban J connectivity index is 2.56. The molecule has 5 N–H and O–H groups in total. The van der Waals surface area contributed by atoms with Gasteiger partial charge in [0.1, 0.15) is 6.04 Å². The summed E-state index contributed by atoms with van der Waals surface area (Å²) >= 11 is 0. The zero-order valence-corrected chi connectivity index (χ0v) is 9.58. The first-order valence-corrected chi connectivity index (χ1v) is 4.95. The molecule has 1 aromatic rings. The number of aryl methyl sites for hydroxylation is 1. The van der Waals surface area contributed by atoms with E-state index in [0.717, 1.165) is 0 Å². The number of hydrogen-bond acceptors (Lipinski definition) is 4. The first-order chi connectivity index (χ1) is 8.38. The van der Waals surface area contributed by atoms with Gasteiger partial charge in [0.15, 0.2) is 0 Å². The summed E-state index contributed by atoms with van der Waals surface area (Å²) in [6.45, 7) is 0. The lowest BCUT2D eigenvalue weighted by Gasteiger charge is -2.12. The number of carboxylic acid groups (broad SMARTS) is 1. The van der Waals surface area contributed by atoms with E-state index >= 15 is 0 Å². The molecule has 0 saturated carbocycles. The number of anilines is 1. The van der Waals surface area contributed by atoms with Crippen molar-refractivity contribution in [3.05, 3.63) is 12.4 Å². The van der Waals surface area contributed by atoms with Gasteiger partial charge >= 0.3 is 12.0 Å². The number of carbonyl (C=O) groups excluding carboxylic acids is 2. The third kappa shape index (κ3) is 4.12. The van der Waals surface area contributed by atoms with Crippen molar-refractivity contribution in [1.82, 2.24) is 15.1 Å². The van der Waals surface area contributed by atoms with Crippen LogP contribution < -0.4 is 16.4 Å². The predicted octanol–water partition coefficient (Wildman–Crippen LogP) is -1.13. The van der Waals surface area contributed by atoms with Gasteiger partial charge in [-0.15, -0.1) is 0 Å². The normalized spacial score (nSPS) is 11.6. The van der Waals surface area contributed by atoms with Crippen LogP contribution in [0.5, 0.6) is 0 Å². The largest absolute Gasteiger partial charge is 0.480 e. The lowest BCUT2D eigenvalue weighted by molar-refractivity contribution is -0.140. The molecule has 3 amide bonds. The van der Waals surface area contributed by atoms with Crippen molar-refractivity contribution < 1.29 is 19.5 Å². The molecule has 9 nitrogen and oxygen atoms in total. The third-order valence-corrected chi connectivity index (χ3v) is 1.97. The van der Waals surface area contributed by atoms with Gasteiger partial charge in [-0.05, 0) is 0 Å². The van der Waals surface area contributed by atoms with Gasteiger partial charge in [0.25, 0.3) is 0 Å². The van der Waals surface area contributed by atoms with Crippen molar-refractivity contribution in [3.63, 3.8) is 0 Å². The van der Waals surface area contributed by atoms with Crippen molar-refractivity contribution in [1.29, 1.82) is 0 Å². The van der Waals surface area contributed by atoms with Crippen LogP contribution in [0.15, 0.2) is 12.4 Å². The summed E-state index contributed by atoms with van der Waals surface area (Å²) in [5.41, 5.74) is 5.28. The number of primary amides is 1. The van der Waals surface area contributed by atoms with Gasteiger partial charge in [0, 0.05) is 13.2 Å². The average Bonchev–Trinajstić information content (AvgIpc) is 2.62. The fourth-order valence-electron chi connectivity index (χ4n) is 1.21.